The first-order valence-corrected chi connectivity index (χ1v) is 6.69. The van der Waals surface area contributed by atoms with Gasteiger partial charge in [-0.15, -0.1) is 11.3 Å². The number of rotatable bonds is 1. The third kappa shape index (κ3) is 1.85. The highest BCUT2D eigenvalue weighted by molar-refractivity contribution is 7.10. The fourth-order valence-electron chi connectivity index (χ4n) is 2.74. The average molecular weight is 224 g/mol. The SMILES string of the molecule is Cc1ccsc1C1(O)CC(C)CCC1C. The fourth-order valence-corrected chi connectivity index (χ4v) is 3.89. The second-order valence-corrected chi connectivity index (χ2v) is 6.06. The van der Waals surface area contributed by atoms with Gasteiger partial charge in [-0.2, -0.15) is 0 Å². The van der Waals surface area contributed by atoms with Crippen LogP contribution in [0.15, 0.2) is 11.4 Å². The van der Waals surface area contributed by atoms with E-state index in [4.69, 9.17) is 0 Å². The molecule has 2 rings (SSSR count). The topological polar surface area (TPSA) is 20.2 Å². The van der Waals surface area contributed by atoms with Crippen LogP contribution in [0.25, 0.3) is 0 Å². The van der Waals surface area contributed by atoms with Crippen LogP contribution in [0.3, 0.4) is 0 Å². The van der Waals surface area contributed by atoms with Gasteiger partial charge >= 0.3 is 0 Å². The minimum Gasteiger partial charge on any atom is -0.384 e. The zero-order valence-corrected chi connectivity index (χ0v) is 10.6. The lowest BCUT2D eigenvalue weighted by Gasteiger charge is -2.41. The van der Waals surface area contributed by atoms with Gasteiger partial charge in [-0.3, -0.25) is 0 Å². The summed E-state index contributed by atoms with van der Waals surface area (Å²) in [4.78, 5) is 1.20. The van der Waals surface area contributed by atoms with Crippen molar-refractivity contribution in [2.24, 2.45) is 11.8 Å². The molecule has 3 unspecified atom stereocenters. The first kappa shape index (κ1) is 11.2. The van der Waals surface area contributed by atoms with E-state index in [1.807, 2.05) is 0 Å². The fraction of sp³-hybridized carbons (Fsp3) is 0.692. The van der Waals surface area contributed by atoms with Crippen LogP contribution >= 0.6 is 11.3 Å². The number of aliphatic hydroxyl groups is 1. The van der Waals surface area contributed by atoms with Crippen LogP contribution in [0.1, 0.15) is 43.6 Å². The molecule has 1 heterocycles. The molecule has 1 fully saturated rings. The maximum Gasteiger partial charge on any atom is 0.102 e. The third-order valence-corrected chi connectivity index (χ3v) is 5.01. The lowest BCUT2D eigenvalue weighted by atomic mass is 9.71. The smallest absolute Gasteiger partial charge is 0.102 e. The van der Waals surface area contributed by atoms with E-state index in [0.29, 0.717) is 11.8 Å². The van der Waals surface area contributed by atoms with Crippen LogP contribution < -0.4 is 0 Å². The van der Waals surface area contributed by atoms with Gasteiger partial charge in [0, 0.05) is 4.88 Å². The number of thiophene rings is 1. The lowest BCUT2D eigenvalue weighted by Crippen LogP contribution is -2.38. The normalized spacial score (nSPS) is 36.8. The number of aryl methyl sites for hydroxylation is 1. The van der Waals surface area contributed by atoms with Crippen molar-refractivity contribution in [3.05, 3.63) is 21.9 Å². The Morgan fingerprint density at radius 1 is 1.40 bits per heavy atom. The van der Waals surface area contributed by atoms with Crippen LogP contribution in [-0.4, -0.2) is 5.11 Å². The van der Waals surface area contributed by atoms with Gasteiger partial charge < -0.3 is 5.11 Å². The molecule has 1 aromatic rings. The summed E-state index contributed by atoms with van der Waals surface area (Å²) in [6.07, 6.45) is 3.33. The molecule has 0 saturated heterocycles. The van der Waals surface area contributed by atoms with Gasteiger partial charge in [0.1, 0.15) is 5.60 Å². The van der Waals surface area contributed by atoms with Gasteiger partial charge in [0.2, 0.25) is 0 Å². The van der Waals surface area contributed by atoms with Crippen molar-refractivity contribution in [1.82, 2.24) is 0 Å². The molecule has 3 atom stereocenters. The van der Waals surface area contributed by atoms with Crippen LogP contribution in [-0.2, 0) is 5.60 Å². The standard InChI is InChI=1S/C13H20OS/c1-9-4-5-11(3)13(14,8-9)12-10(2)6-7-15-12/h6-7,9,11,14H,4-5,8H2,1-3H3. The van der Waals surface area contributed by atoms with Crippen LogP contribution in [0, 0.1) is 18.8 Å². The molecule has 0 aliphatic heterocycles. The minimum absolute atomic E-state index is 0.394. The molecule has 1 saturated carbocycles. The summed E-state index contributed by atoms with van der Waals surface area (Å²) < 4.78 is 0. The molecule has 0 aromatic carbocycles. The van der Waals surface area contributed by atoms with E-state index < -0.39 is 5.60 Å². The summed E-state index contributed by atoms with van der Waals surface area (Å²) in [5.41, 5.74) is 0.694. The highest BCUT2D eigenvalue weighted by Crippen LogP contribution is 2.46. The summed E-state index contributed by atoms with van der Waals surface area (Å²) in [6, 6.07) is 2.12. The summed E-state index contributed by atoms with van der Waals surface area (Å²) >= 11 is 1.71. The van der Waals surface area contributed by atoms with Gasteiger partial charge in [0.15, 0.2) is 0 Å². The van der Waals surface area contributed by atoms with Crippen molar-refractivity contribution in [3.8, 4) is 0 Å². The Morgan fingerprint density at radius 2 is 2.13 bits per heavy atom. The Kier molecular flexibility index (Phi) is 2.91. The second kappa shape index (κ2) is 3.91. The maximum atomic E-state index is 10.9. The van der Waals surface area contributed by atoms with Crippen LogP contribution in [0.5, 0.6) is 0 Å². The van der Waals surface area contributed by atoms with Crippen molar-refractivity contribution in [2.75, 3.05) is 0 Å². The van der Waals surface area contributed by atoms with Gasteiger partial charge in [-0.25, -0.2) is 0 Å². The van der Waals surface area contributed by atoms with Gasteiger partial charge in [0.05, 0.1) is 0 Å². The highest BCUT2D eigenvalue weighted by Gasteiger charge is 2.41. The van der Waals surface area contributed by atoms with Gasteiger partial charge in [-0.05, 0) is 48.6 Å². The highest BCUT2D eigenvalue weighted by atomic mass is 32.1. The molecular formula is C13H20OS. The molecule has 1 aromatic heterocycles. The Labute approximate surface area is 96.1 Å². The maximum absolute atomic E-state index is 10.9. The van der Waals surface area contributed by atoms with E-state index in [0.717, 1.165) is 12.8 Å². The molecule has 0 bridgehead atoms. The summed E-state index contributed by atoms with van der Waals surface area (Å²) in [5.74, 6) is 1.04. The van der Waals surface area contributed by atoms with E-state index in [1.54, 1.807) is 11.3 Å². The first-order valence-electron chi connectivity index (χ1n) is 5.81. The Bertz CT molecular complexity index is 344. The molecule has 1 aliphatic rings. The summed E-state index contributed by atoms with van der Waals surface area (Å²) in [5, 5.41) is 13.0. The largest absolute Gasteiger partial charge is 0.384 e. The summed E-state index contributed by atoms with van der Waals surface area (Å²) in [6.45, 7) is 6.54. The molecule has 2 heteroatoms. The monoisotopic (exact) mass is 224 g/mol. The summed E-state index contributed by atoms with van der Waals surface area (Å²) in [7, 11) is 0. The quantitative estimate of drug-likeness (QED) is 0.771. The molecule has 84 valence electrons. The molecular weight excluding hydrogens is 204 g/mol. The van der Waals surface area contributed by atoms with E-state index >= 15 is 0 Å². The number of hydrogen-bond donors (Lipinski definition) is 1. The van der Waals surface area contributed by atoms with Crippen molar-refractivity contribution < 1.29 is 5.11 Å². The minimum atomic E-state index is -0.560. The Morgan fingerprint density at radius 3 is 2.73 bits per heavy atom. The van der Waals surface area contributed by atoms with E-state index in [2.05, 4.69) is 32.2 Å². The molecule has 1 aliphatic carbocycles. The zero-order valence-electron chi connectivity index (χ0n) is 9.79. The van der Waals surface area contributed by atoms with Crippen molar-refractivity contribution in [2.45, 2.75) is 45.6 Å². The molecule has 15 heavy (non-hydrogen) atoms. The molecule has 1 N–H and O–H groups in total. The molecule has 0 radical (unpaired) electrons. The second-order valence-electron chi connectivity index (χ2n) is 5.14. The predicted octanol–water partition coefficient (Wildman–Crippen LogP) is 3.70. The van der Waals surface area contributed by atoms with Crippen molar-refractivity contribution >= 4 is 11.3 Å². The van der Waals surface area contributed by atoms with Crippen LogP contribution in [0.4, 0.5) is 0 Å². The Balaban J connectivity index is 2.35. The van der Waals surface area contributed by atoms with Gasteiger partial charge in [-0.1, -0.05) is 20.3 Å². The van der Waals surface area contributed by atoms with Crippen molar-refractivity contribution in [1.29, 1.82) is 0 Å². The van der Waals surface area contributed by atoms with E-state index in [9.17, 15) is 5.11 Å². The van der Waals surface area contributed by atoms with E-state index in [1.165, 1.54) is 16.9 Å². The number of hydrogen-bond acceptors (Lipinski definition) is 2. The van der Waals surface area contributed by atoms with Gasteiger partial charge in [0.25, 0.3) is 0 Å². The molecule has 0 amide bonds. The van der Waals surface area contributed by atoms with E-state index in [-0.39, 0.29) is 0 Å². The first-order chi connectivity index (χ1) is 7.04. The Hall–Kier alpha value is -0.340. The third-order valence-electron chi connectivity index (χ3n) is 3.82. The lowest BCUT2D eigenvalue weighted by molar-refractivity contribution is -0.0601. The zero-order chi connectivity index (χ0) is 11.1. The average Bonchev–Trinajstić information content (AvgIpc) is 2.59. The predicted molar refractivity (Wildman–Crippen MR) is 65.1 cm³/mol. The van der Waals surface area contributed by atoms with Crippen LogP contribution in [0.2, 0.25) is 0 Å². The van der Waals surface area contributed by atoms with Crippen molar-refractivity contribution in [3.63, 3.8) is 0 Å². The molecule has 0 spiro atoms. The molecule has 1 nitrogen and oxygen atoms in total.